The monoisotopic (exact) mass is 262 g/mol. The van der Waals surface area contributed by atoms with Gasteiger partial charge in [0.25, 0.3) is 0 Å². The van der Waals surface area contributed by atoms with Crippen LogP contribution in [0.5, 0.6) is 5.75 Å². The Labute approximate surface area is 115 Å². The molecule has 0 atom stereocenters. The van der Waals surface area contributed by atoms with Gasteiger partial charge in [-0.25, -0.2) is 0 Å². The molecule has 0 aromatic heterocycles. The van der Waals surface area contributed by atoms with E-state index in [1.54, 1.807) is 12.1 Å². The zero-order chi connectivity index (χ0) is 14.1. The minimum absolute atomic E-state index is 0.184. The highest BCUT2D eigenvalue weighted by Crippen LogP contribution is 2.12. The summed E-state index contributed by atoms with van der Waals surface area (Å²) in [5, 5.41) is 17.8. The number of hydrogen-bond acceptors (Lipinski definition) is 4. The lowest BCUT2D eigenvalue weighted by molar-refractivity contribution is 0.155. The first-order chi connectivity index (χ1) is 9.17. The van der Waals surface area contributed by atoms with Crippen LogP contribution in [0.4, 0.5) is 0 Å². The first-order valence-corrected chi connectivity index (χ1v) is 6.65. The van der Waals surface area contributed by atoms with Gasteiger partial charge in [-0.2, -0.15) is 5.26 Å². The fraction of sp³-hybridized carbons (Fsp3) is 0.533. The van der Waals surface area contributed by atoms with Crippen molar-refractivity contribution in [1.29, 1.82) is 5.26 Å². The summed E-state index contributed by atoms with van der Waals surface area (Å²) in [6.07, 6.45) is 0.898. The van der Waals surface area contributed by atoms with E-state index in [0.29, 0.717) is 24.8 Å². The molecule has 0 heterocycles. The second kappa shape index (κ2) is 8.52. The third-order valence-corrected chi connectivity index (χ3v) is 2.94. The number of hydrogen-bond donors (Lipinski definition) is 1. The normalized spacial score (nSPS) is 10.7. The highest BCUT2D eigenvalue weighted by atomic mass is 16.5. The van der Waals surface area contributed by atoms with E-state index in [-0.39, 0.29) is 6.61 Å². The molecule has 0 amide bonds. The van der Waals surface area contributed by atoms with Crippen molar-refractivity contribution in [2.45, 2.75) is 26.3 Å². The van der Waals surface area contributed by atoms with Crippen LogP contribution in [-0.4, -0.2) is 42.4 Å². The highest BCUT2D eigenvalue weighted by Gasteiger charge is 2.07. The molecule has 0 aliphatic carbocycles. The van der Waals surface area contributed by atoms with Gasteiger partial charge in [0, 0.05) is 19.1 Å². The maximum Gasteiger partial charge on any atom is 0.120 e. The third kappa shape index (κ3) is 5.73. The van der Waals surface area contributed by atoms with Crippen molar-refractivity contribution >= 4 is 0 Å². The van der Waals surface area contributed by atoms with Gasteiger partial charge >= 0.3 is 0 Å². The summed E-state index contributed by atoms with van der Waals surface area (Å²) >= 11 is 0. The summed E-state index contributed by atoms with van der Waals surface area (Å²) in [5.74, 6) is 0.734. The Bertz CT molecular complexity index is 413. The smallest absolute Gasteiger partial charge is 0.120 e. The van der Waals surface area contributed by atoms with Crippen molar-refractivity contribution in [3.8, 4) is 11.8 Å². The first kappa shape index (κ1) is 15.5. The quantitative estimate of drug-likeness (QED) is 0.728. The molecule has 0 spiro atoms. The predicted octanol–water partition coefficient (Wildman–Crippen LogP) is 2.03. The molecular formula is C15H22N2O2. The molecule has 1 aromatic rings. The van der Waals surface area contributed by atoms with Crippen LogP contribution in [-0.2, 0) is 0 Å². The van der Waals surface area contributed by atoms with Crippen LogP contribution in [0, 0.1) is 11.3 Å². The molecule has 0 saturated heterocycles. The molecule has 104 valence electrons. The summed E-state index contributed by atoms with van der Waals surface area (Å²) in [7, 11) is 0. The molecule has 1 N–H and O–H groups in total. The van der Waals surface area contributed by atoms with E-state index in [1.807, 2.05) is 12.1 Å². The van der Waals surface area contributed by atoms with E-state index in [1.165, 1.54) is 0 Å². The van der Waals surface area contributed by atoms with Crippen LogP contribution in [0.25, 0.3) is 0 Å². The molecule has 0 bridgehead atoms. The van der Waals surface area contributed by atoms with E-state index in [2.05, 4.69) is 24.8 Å². The van der Waals surface area contributed by atoms with Crippen molar-refractivity contribution in [2.24, 2.45) is 0 Å². The lowest BCUT2D eigenvalue weighted by Gasteiger charge is -2.25. The fourth-order valence-corrected chi connectivity index (χ4v) is 1.87. The van der Waals surface area contributed by atoms with Gasteiger partial charge in [-0.1, -0.05) is 6.07 Å². The summed E-state index contributed by atoms with van der Waals surface area (Å²) in [5.41, 5.74) is 0.613. The van der Waals surface area contributed by atoms with Crippen LogP contribution >= 0.6 is 0 Å². The van der Waals surface area contributed by atoms with E-state index < -0.39 is 0 Å². The Morgan fingerprint density at radius 2 is 2.16 bits per heavy atom. The second-order valence-electron chi connectivity index (χ2n) is 4.69. The standard InChI is InChI=1S/C15H22N2O2/c1-13(2)17(8-9-18)7-4-10-19-15-6-3-5-14(11-15)12-16/h3,5-6,11,13,18H,4,7-10H2,1-2H3. The lowest BCUT2D eigenvalue weighted by atomic mass is 10.2. The number of nitrogens with zero attached hydrogens (tertiary/aromatic N) is 2. The molecule has 0 fully saturated rings. The summed E-state index contributed by atoms with van der Waals surface area (Å²) in [6, 6.07) is 9.69. The van der Waals surface area contributed by atoms with Crippen molar-refractivity contribution in [3.05, 3.63) is 29.8 Å². The number of ether oxygens (including phenoxy) is 1. The van der Waals surface area contributed by atoms with Crippen LogP contribution in [0.1, 0.15) is 25.8 Å². The molecule has 1 rings (SSSR count). The van der Waals surface area contributed by atoms with Gasteiger partial charge < -0.3 is 9.84 Å². The van der Waals surface area contributed by atoms with Gasteiger partial charge in [-0.3, -0.25) is 4.90 Å². The lowest BCUT2D eigenvalue weighted by Crippen LogP contribution is -2.34. The van der Waals surface area contributed by atoms with Gasteiger partial charge in [0.2, 0.25) is 0 Å². The Morgan fingerprint density at radius 3 is 2.79 bits per heavy atom. The van der Waals surface area contributed by atoms with Crippen LogP contribution in [0.15, 0.2) is 24.3 Å². The number of nitriles is 1. The number of rotatable bonds is 8. The zero-order valence-electron chi connectivity index (χ0n) is 11.7. The average Bonchev–Trinajstić information content (AvgIpc) is 2.42. The number of aliphatic hydroxyl groups is 1. The van der Waals surface area contributed by atoms with Gasteiger partial charge in [-0.05, 0) is 38.5 Å². The number of aliphatic hydroxyl groups excluding tert-OH is 1. The Morgan fingerprint density at radius 1 is 1.37 bits per heavy atom. The molecule has 0 unspecified atom stereocenters. The summed E-state index contributed by atoms with van der Waals surface area (Å²) < 4.78 is 5.62. The van der Waals surface area contributed by atoms with E-state index in [9.17, 15) is 0 Å². The van der Waals surface area contributed by atoms with Crippen LogP contribution in [0.2, 0.25) is 0 Å². The molecular weight excluding hydrogens is 240 g/mol. The van der Waals surface area contributed by atoms with Crippen molar-refractivity contribution in [2.75, 3.05) is 26.3 Å². The van der Waals surface area contributed by atoms with E-state index in [0.717, 1.165) is 18.7 Å². The van der Waals surface area contributed by atoms with Gasteiger partial charge in [0.15, 0.2) is 0 Å². The van der Waals surface area contributed by atoms with Crippen LogP contribution < -0.4 is 4.74 Å². The van der Waals surface area contributed by atoms with Crippen molar-refractivity contribution in [1.82, 2.24) is 4.90 Å². The largest absolute Gasteiger partial charge is 0.494 e. The summed E-state index contributed by atoms with van der Waals surface area (Å²) in [6.45, 7) is 6.63. The van der Waals surface area contributed by atoms with Gasteiger partial charge in [0.1, 0.15) is 5.75 Å². The highest BCUT2D eigenvalue weighted by molar-refractivity contribution is 5.36. The number of benzene rings is 1. The Hall–Kier alpha value is -1.57. The molecule has 0 radical (unpaired) electrons. The minimum atomic E-state index is 0.184. The Kier molecular flexibility index (Phi) is 6.94. The fourth-order valence-electron chi connectivity index (χ4n) is 1.87. The van der Waals surface area contributed by atoms with E-state index in [4.69, 9.17) is 15.1 Å². The molecule has 1 aromatic carbocycles. The molecule has 0 aliphatic heterocycles. The van der Waals surface area contributed by atoms with Gasteiger partial charge in [0.05, 0.1) is 24.8 Å². The zero-order valence-corrected chi connectivity index (χ0v) is 11.7. The van der Waals surface area contributed by atoms with E-state index >= 15 is 0 Å². The summed E-state index contributed by atoms with van der Waals surface area (Å²) in [4.78, 5) is 2.22. The predicted molar refractivity (Wildman–Crippen MR) is 75.1 cm³/mol. The molecule has 4 nitrogen and oxygen atoms in total. The van der Waals surface area contributed by atoms with Crippen molar-refractivity contribution in [3.63, 3.8) is 0 Å². The molecule has 0 aliphatic rings. The first-order valence-electron chi connectivity index (χ1n) is 6.65. The average molecular weight is 262 g/mol. The van der Waals surface area contributed by atoms with Crippen molar-refractivity contribution < 1.29 is 9.84 Å². The molecule has 4 heteroatoms. The maximum atomic E-state index is 8.97. The molecule has 19 heavy (non-hydrogen) atoms. The third-order valence-electron chi connectivity index (χ3n) is 2.94. The van der Waals surface area contributed by atoms with Crippen LogP contribution in [0.3, 0.4) is 0 Å². The maximum absolute atomic E-state index is 8.97. The topological polar surface area (TPSA) is 56.5 Å². The molecule has 0 saturated carbocycles. The minimum Gasteiger partial charge on any atom is -0.494 e. The SMILES string of the molecule is CC(C)N(CCO)CCCOc1cccc(C#N)c1. The van der Waals surface area contributed by atoms with Gasteiger partial charge in [-0.15, -0.1) is 0 Å². The second-order valence-corrected chi connectivity index (χ2v) is 4.69. The Balaban J connectivity index is 2.31.